The van der Waals surface area contributed by atoms with E-state index in [1.807, 2.05) is 0 Å². The molecule has 4 heteroatoms. The maximum Gasteiger partial charge on any atom is 0 e. The Morgan fingerprint density at radius 2 is 1.00 bits per heavy atom. The minimum atomic E-state index is 0. The van der Waals surface area contributed by atoms with Gasteiger partial charge in [-0.05, 0) is 0 Å². The second-order valence-electron chi connectivity index (χ2n) is 0. The molecule has 0 aromatic heterocycles. The van der Waals surface area contributed by atoms with Crippen molar-refractivity contribution in [2.45, 2.75) is 0 Å². The molecule has 0 saturated carbocycles. The normalized spacial score (nSPS) is 0. The Kier molecular flexibility index (Phi) is 94.2. The van der Waals surface area contributed by atoms with Crippen LogP contribution in [0.15, 0.2) is 0 Å². The van der Waals surface area contributed by atoms with Crippen LogP contribution in [-0.2, 0) is 25.8 Å². The van der Waals surface area contributed by atoms with Crippen LogP contribution in [0.5, 0.6) is 0 Å². The Balaban J connectivity index is 0. The Morgan fingerprint density at radius 1 is 1.00 bits per heavy atom. The van der Waals surface area contributed by atoms with Crippen molar-refractivity contribution in [3.8, 4) is 0 Å². The summed E-state index contributed by atoms with van der Waals surface area (Å²) in [6.45, 7) is 0. The molecule has 0 amide bonds. The summed E-state index contributed by atoms with van der Waals surface area (Å²) in [5.74, 6) is 0. The zero-order valence-electron chi connectivity index (χ0n) is 1.15. The van der Waals surface area contributed by atoms with Gasteiger partial charge in [0.05, 0.1) is 0 Å². The summed E-state index contributed by atoms with van der Waals surface area (Å²) in [6, 6.07) is 0. The summed E-state index contributed by atoms with van der Waals surface area (Å²) in [4.78, 5) is 0. The fourth-order valence-corrected chi connectivity index (χ4v) is 0. The van der Waals surface area contributed by atoms with Crippen molar-refractivity contribution < 1.29 is 25.8 Å². The summed E-state index contributed by atoms with van der Waals surface area (Å²) in [7, 11) is 0. The molecule has 0 aliphatic rings. The van der Waals surface area contributed by atoms with Crippen LogP contribution >= 0.6 is 0 Å². The van der Waals surface area contributed by atoms with Crippen LogP contribution in [0.3, 0.4) is 0 Å². The van der Waals surface area contributed by atoms with Crippen molar-refractivity contribution in [2.75, 3.05) is 0 Å². The number of rotatable bonds is 0. The van der Waals surface area contributed by atoms with Crippen LogP contribution in [0.4, 0.5) is 0 Å². The average Bonchev–Trinajstić information content (AvgIpc) is 0. The fourth-order valence-electron chi connectivity index (χ4n) is 0. The SMILES string of the molecule is [Al].[BaH2].[CaH2].[Sc]. The molecule has 0 fully saturated rings. The van der Waals surface area contributed by atoms with Gasteiger partial charge < -0.3 is 0 Å². The molecule has 0 heterocycles. The second-order valence-corrected chi connectivity index (χ2v) is 0. The maximum atomic E-state index is 0. The topological polar surface area (TPSA) is 0 Å². The largest absolute Gasteiger partial charge is 0 e. The molecule has 0 nitrogen and oxygen atoms in total. The predicted octanol–water partition coefficient (Wildman–Crippen LogP) is -2.22. The molecule has 4 radical (unpaired) electrons. The van der Waals surface area contributed by atoms with Gasteiger partial charge in [-0.1, -0.05) is 0 Å². The van der Waals surface area contributed by atoms with Gasteiger partial charge in [-0.2, -0.15) is 0 Å². The van der Waals surface area contributed by atoms with E-state index in [0.29, 0.717) is 0 Å². The Labute approximate surface area is 126 Å². The van der Waals surface area contributed by atoms with E-state index in [1.54, 1.807) is 0 Å². The molecule has 14 valence electrons. The summed E-state index contributed by atoms with van der Waals surface area (Å²) < 4.78 is 0. The third-order valence-corrected chi connectivity index (χ3v) is 0. The van der Waals surface area contributed by atoms with Crippen molar-refractivity contribution in [2.24, 2.45) is 0 Å². The monoisotopic (exact) mass is 254 g/mol. The molecule has 0 spiro atoms. The van der Waals surface area contributed by atoms with Gasteiger partial charge in [0.1, 0.15) is 0 Å². The molecule has 0 N–H and O–H groups in total. The Bertz CT molecular complexity index is 8.00. The maximum absolute atomic E-state index is 0. The van der Waals surface area contributed by atoms with E-state index in [0.717, 1.165) is 0 Å². The molecule has 0 aromatic rings. The van der Waals surface area contributed by atoms with E-state index in [4.69, 9.17) is 0 Å². The number of hydrogen-bond donors (Lipinski definition) is 0. The molecule has 4 heavy (non-hydrogen) atoms. The van der Waals surface area contributed by atoms with Gasteiger partial charge in [-0.25, -0.2) is 0 Å². The molecule has 0 rings (SSSR count). The molecule has 0 unspecified atom stereocenters. The quantitative estimate of drug-likeness (QED) is 0.429. The first-order valence-corrected chi connectivity index (χ1v) is 0. The predicted molar refractivity (Wildman–Crippen MR) is 22.8 cm³/mol. The Morgan fingerprint density at radius 3 is 1.00 bits per heavy atom. The molecule has 0 aromatic carbocycles. The Hall–Kier alpha value is 4.23. The van der Waals surface area contributed by atoms with Crippen molar-refractivity contribution >= 4 is 104 Å². The first-order valence-electron chi connectivity index (χ1n) is 0. The summed E-state index contributed by atoms with van der Waals surface area (Å²) in [5.41, 5.74) is 0. The minimum absolute atomic E-state index is 0. The zero-order valence-corrected chi connectivity index (χ0v) is 4.11. The standard InChI is InChI=1S/Al.Ba.Ca.Sc.4H. The van der Waals surface area contributed by atoms with Crippen molar-refractivity contribution in [3.05, 3.63) is 0 Å². The van der Waals surface area contributed by atoms with Gasteiger partial charge >= 0.3 is 86.6 Å². The van der Waals surface area contributed by atoms with Crippen molar-refractivity contribution in [1.29, 1.82) is 0 Å². The molecule has 0 saturated heterocycles. The van der Waals surface area contributed by atoms with Crippen LogP contribution in [0, 0.1) is 0 Å². The van der Waals surface area contributed by atoms with Crippen LogP contribution in [-0.4, -0.2) is 104 Å². The van der Waals surface area contributed by atoms with Gasteiger partial charge in [-0.15, -0.1) is 0 Å². The first kappa shape index (κ1) is 24.0. The third-order valence-electron chi connectivity index (χ3n) is 0. The fraction of sp³-hybridized carbons (Fsp3) is 0. The van der Waals surface area contributed by atoms with E-state index in [1.165, 1.54) is 0 Å². The summed E-state index contributed by atoms with van der Waals surface area (Å²) >= 11 is 0. The van der Waals surface area contributed by atoms with E-state index in [-0.39, 0.29) is 130 Å². The smallest absolute Gasteiger partial charge is 0 e. The third kappa shape index (κ3) is 9.53. The van der Waals surface area contributed by atoms with Crippen LogP contribution in [0.2, 0.25) is 0 Å². The average molecular weight is 253 g/mol. The van der Waals surface area contributed by atoms with E-state index in [9.17, 15) is 0 Å². The summed E-state index contributed by atoms with van der Waals surface area (Å²) in [5, 5.41) is 0. The molecule has 0 aliphatic carbocycles. The zero-order chi connectivity index (χ0) is 0. The number of hydrogen-bond acceptors (Lipinski definition) is 0. The first-order chi connectivity index (χ1) is 0. The second kappa shape index (κ2) is 15.7. The van der Waals surface area contributed by atoms with E-state index in [2.05, 4.69) is 0 Å². The van der Waals surface area contributed by atoms with E-state index >= 15 is 0 Å². The molecule has 0 atom stereocenters. The van der Waals surface area contributed by atoms with Gasteiger partial charge in [0.25, 0.3) is 0 Å². The molecule has 0 aliphatic heterocycles. The molecular weight excluding hydrogens is 249 g/mol. The minimum Gasteiger partial charge on any atom is 0 e. The summed E-state index contributed by atoms with van der Waals surface area (Å²) in [6.07, 6.45) is 0. The van der Waals surface area contributed by atoms with Crippen LogP contribution < -0.4 is 0 Å². The van der Waals surface area contributed by atoms with E-state index < -0.39 is 0 Å². The van der Waals surface area contributed by atoms with Gasteiger partial charge in [0, 0.05) is 43.2 Å². The molecule has 0 bridgehead atoms. The molecular formula is H4AlBaCaSc. The van der Waals surface area contributed by atoms with Gasteiger partial charge in [-0.3, -0.25) is 0 Å². The van der Waals surface area contributed by atoms with Crippen LogP contribution in [0.1, 0.15) is 0 Å². The van der Waals surface area contributed by atoms with Crippen molar-refractivity contribution in [1.82, 2.24) is 0 Å². The van der Waals surface area contributed by atoms with Gasteiger partial charge in [0.2, 0.25) is 0 Å². The van der Waals surface area contributed by atoms with Crippen molar-refractivity contribution in [3.63, 3.8) is 0 Å². The van der Waals surface area contributed by atoms with Gasteiger partial charge in [0.15, 0.2) is 0 Å². The van der Waals surface area contributed by atoms with Crippen LogP contribution in [0.25, 0.3) is 0 Å².